The molecule has 0 aromatic carbocycles. The number of nitrogens with two attached hydrogens (primary N) is 2. The molecular weight excluding hydrogens is 254 g/mol. The standard InChI is InChI=1S/C8H7N9S/c9-5-4(14-16-8-11-1-2-18-8)6(10)17-3-12-15-7(17)13-5/h1-3H,10H2,(H2,9,13,15). The van der Waals surface area contributed by atoms with Crippen molar-refractivity contribution in [3.05, 3.63) is 17.9 Å². The first-order valence-corrected chi connectivity index (χ1v) is 5.69. The van der Waals surface area contributed by atoms with Gasteiger partial charge in [0.2, 0.25) is 5.13 Å². The van der Waals surface area contributed by atoms with Crippen LogP contribution in [0.2, 0.25) is 0 Å². The predicted octanol–water partition coefficient (Wildman–Crippen LogP) is 1.16. The van der Waals surface area contributed by atoms with Crippen molar-refractivity contribution < 1.29 is 0 Å². The Hall–Kier alpha value is -2.62. The second kappa shape index (κ2) is 4.00. The number of nitrogens with zero attached hydrogens (tertiary/aromatic N) is 7. The molecule has 18 heavy (non-hydrogen) atoms. The summed E-state index contributed by atoms with van der Waals surface area (Å²) in [4.78, 5) is 7.98. The van der Waals surface area contributed by atoms with E-state index in [2.05, 4.69) is 30.4 Å². The van der Waals surface area contributed by atoms with Crippen LogP contribution in [0, 0.1) is 0 Å². The molecule has 0 atom stereocenters. The molecule has 0 aliphatic carbocycles. The molecule has 10 heteroatoms. The quantitative estimate of drug-likeness (QED) is 0.665. The lowest BCUT2D eigenvalue weighted by Gasteiger charge is -2.03. The van der Waals surface area contributed by atoms with Gasteiger partial charge in [-0.2, -0.15) is 4.98 Å². The number of hydrogen-bond acceptors (Lipinski definition) is 9. The van der Waals surface area contributed by atoms with Crippen LogP contribution in [0.15, 0.2) is 28.1 Å². The van der Waals surface area contributed by atoms with E-state index in [-0.39, 0.29) is 17.3 Å². The predicted molar refractivity (Wildman–Crippen MR) is 65.9 cm³/mol. The van der Waals surface area contributed by atoms with E-state index < -0.39 is 0 Å². The van der Waals surface area contributed by atoms with Gasteiger partial charge in [0.15, 0.2) is 11.5 Å². The first kappa shape index (κ1) is 10.5. The van der Waals surface area contributed by atoms with Crippen LogP contribution in [0.5, 0.6) is 0 Å². The Morgan fingerprint density at radius 1 is 1.28 bits per heavy atom. The lowest BCUT2D eigenvalue weighted by Crippen LogP contribution is -2.02. The molecule has 0 fully saturated rings. The van der Waals surface area contributed by atoms with Gasteiger partial charge < -0.3 is 11.5 Å². The molecule has 0 bridgehead atoms. The summed E-state index contributed by atoms with van der Waals surface area (Å²) >= 11 is 1.35. The first-order valence-electron chi connectivity index (χ1n) is 4.81. The Morgan fingerprint density at radius 2 is 2.17 bits per heavy atom. The van der Waals surface area contributed by atoms with Crippen LogP contribution in [-0.4, -0.2) is 24.6 Å². The molecule has 0 aliphatic heterocycles. The summed E-state index contributed by atoms with van der Waals surface area (Å²) in [6, 6.07) is 0. The van der Waals surface area contributed by atoms with Gasteiger partial charge in [-0.25, -0.2) is 9.38 Å². The molecule has 4 N–H and O–H groups in total. The fourth-order valence-electron chi connectivity index (χ4n) is 1.34. The Balaban J connectivity index is 2.11. The zero-order valence-corrected chi connectivity index (χ0v) is 9.74. The van der Waals surface area contributed by atoms with Crippen molar-refractivity contribution in [2.75, 3.05) is 11.5 Å². The number of fused-ring (bicyclic) bond motifs is 1. The third-order valence-electron chi connectivity index (χ3n) is 2.15. The zero-order chi connectivity index (χ0) is 12.5. The molecule has 0 unspecified atom stereocenters. The fraction of sp³-hybridized carbons (Fsp3) is 0. The number of rotatable bonds is 2. The van der Waals surface area contributed by atoms with Crippen molar-refractivity contribution in [1.29, 1.82) is 0 Å². The molecule has 0 aliphatic rings. The minimum atomic E-state index is 0.147. The normalized spacial score (nSPS) is 11.6. The Morgan fingerprint density at radius 3 is 2.94 bits per heavy atom. The fourth-order valence-corrected chi connectivity index (χ4v) is 1.79. The van der Waals surface area contributed by atoms with Gasteiger partial charge in [0, 0.05) is 11.6 Å². The second-order valence-electron chi connectivity index (χ2n) is 3.25. The molecule has 3 heterocycles. The summed E-state index contributed by atoms with van der Waals surface area (Å²) in [5, 5.41) is 17.6. The Labute approximate surface area is 104 Å². The van der Waals surface area contributed by atoms with Crippen LogP contribution in [0.1, 0.15) is 0 Å². The second-order valence-corrected chi connectivity index (χ2v) is 4.12. The van der Waals surface area contributed by atoms with Crippen LogP contribution in [-0.2, 0) is 0 Å². The molecule has 90 valence electrons. The maximum atomic E-state index is 5.90. The molecule has 0 saturated heterocycles. The molecule has 3 aromatic rings. The smallest absolute Gasteiger partial charge is 0.258 e. The highest BCUT2D eigenvalue weighted by Gasteiger charge is 2.11. The van der Waals surface area contributed by atoms with E-state index in [1.807, 2.05) is 0 Å². The molecule has 3 aromatic heterocycles. The summed E-state index contributed by atoms with van der Waals surface area (Å²) in [5.41, 5.74) is 11.9. The topological polar surface area (TPSA) is 133 Å². The van der Waals surface area contributed by atoms with Gasteiger partial charge in [-0.1, -0.05) is 0 Å². The zero-order valence-electron chi connectivity index (χ0n) is 8.93. The van der Waals surface area contributed by atoms with E-state index >= 15 is 0 Å². The van der Waals surface area contributed by atoms with Gasteiger partial charge >= 0.3 is 0 Å². The summed E-state index contributed by atoms with van der Waals surface area (Å²) in [7, 11) is 0. The minimum absolute atomic E-state index is 0.147. The monoisotopic (exact) mass is 261 g/mol. The number of anilines is 2. The molecule has 0 radical (unpaired) electrons. The van der Waals surface area contributed by atoms with Gasteiger partial charge in [0.1, 0.15) is 12.1 Å². The average molecular weight is 261 g/mol. The highest BCUT2D eigenvalue weighted by molar-refractivity contribution is 7.13. The van der Waals surface area contributed by atoms with E-state index in [0.29, 0.717) is 10.9 Å². The Kier molecular flexibility index (Phi) is 2.34. The number of azo groups is 1. The van der Waals surface area contributed by atoms with Crippen LogP contribution in [0.25, 0.3) is 5.78 Å². The van der Waals surface area contributed by atoms with Crippen LogP contribution in [0.3, 0.4) is 0 Å². The lowest BCUT2D eigenvalue weighted by molar-refractivity contribution is 1.09. The van der Waals surface area contributed by atoms with E-state index in [9.17, 15) is 0 Å². The SMILES string of the molecule is Nc1nc2nncn2c(N)c1N=Nc1nccs1. The highest BCUT2D eigenvalue weighted by Crippen LogP contribution is 2.30. The van der Waals surface area contributed by atoms with Gasteiger partial charge in [-0.3, -0.25) is 0 Å². The van der Waals surface area contributed by atoms with Crippen molar-refractivity contribution in [2.24, 2.45) is 10.2 Å². The lowest BCUT2D eigenvalue weighted by atomic mass is 10.4. The maximum Gasteiger partial charge on any atom is 0.258 e. The van der Waals surface area contributed by atoms with Gasteiger partial charge in [-0.15, -0.1) is 31.8 Å². The average Bonchev–Trinajstić information content (AvgIpc) is 2.98. The summed E-state index contributed by atoms with van der Waals surface area (Å²) in [6.07, 6.45) is 3.06. The third-order valence-corrected chi connectivity index (χ3v) is 2.81. The van der Waals surface area contributed by atoms with Crippen molar-refractivity contribution in [3.8, 4) is 0 Å². The summed E-state index contributed by atoms with van der Waals surface area (Å²) in [5.74, 6) is 0.745. The maximum absolute atomic E-state index is 5.90. The molecular formula is C8H7N9S. The van der Waals surface area contributed by atoms with E-state index in [1.165, 1.54) is 22.1 Å². The van der Waals surface area contributed by atoms with Crippen molar-refractivity contribution in [1.82, 2.24) is 24.6 Å². The van der Waals surface area contributed by atoms with Crippen molar-refractivity contribution in [2.45, 2.75) is 0 Å². The number of aromatic nitrogens is 5. The van der Waals surface area contributed by atoms with Crippen LogP contribution in [0.4, 0.5) is 22.5 Å². The molecule has 0 saturated carbocycles. The highest BCUT2D eigenvalue weighted by atomic mass is 32.1. The molecule has 9 nitrogen and oxygen atoms in total. The minimum Gasteiger partial charge on any atom is -0.383 e. The van der Waals surface area contributed by atoms with Gasteiger partial charge in [0.25, 0.3) is 5.78 Å². The summed E-state index contributed by atoms with van der Waals surface area (Å²) in [6.45, 7) is 0. The van der Waals surface area contributed by atoms with E-state index in [0.717, 1.165) is 0 Å². The molecule has 0 amide bonds. The van der Waals surface area contributed by atoms with Gasteiger partial charge in [-0.05, 0) is 0 Å². The first-order chi connectivity index (χ1) is 8.75. The number of thiazole rings is 1. The van der Waals surface area contributed by atoms with Crippen LogP contribution >= 0.6 is 11.3 Å². The van der Waals surface area contributed by atoms with Crippen molar-refractivity contribution in [3.63, 3.8) is 0 Å². The molecule has 0 spiro atoms. The number of nitrogen functional groups attached to an aromatic ring is 2. The largest absolute Gasteiger partial charge is 0.383 e. The number of hydrogen-bond donors (Lipinski definition) is 2. The van der Waals surface area contributed by atoms with E-state index in [1.54, 1.807) is 11.6 Å². The molecule has 3 rings (SSSR count). The Bertz CT molecular complexity index is 714. The van der Waals surface area contributed by atoms with E-state index in [4.69, 9.17) is 11.5 Å². The third kappa shape index (κ3) is 1.64. The summed E-state index contributed by atoms with van der Waals surface area (Å²) < 4.78 is 1.48. The van der Waals surface area contributed by atoms with Crippen molar-refractivity contribution >= 4 is 39.6 Å². The van der Waals surface area contributed by atoms with Gasteiger partial charge in [0.05, 0.1) is 0 Å². The van der Waals surface area contributed by atoms with Crippen LogP contribution < -0.4 is 11.5 Å².